The van der Waals surface area contributed by atoms with E-state index in [2.05, 4.69) is 20.9 Å². The van der Waals surface area contributed by atoms with Gasteiger partial charge in [0.05, 0.1) is 22.3 Å². The summed E-state index contributed by atoms with van der Waals surface area (Å²) in [5, 5.41) is 4.60. The Balaban J connectivity index is 1.46. The fraction of sp³-hybridized carbons (Fsp3) is 0.0435. The molecular weight excluding hydrogens is 446 g/mol. The number of nitrogens with one attached hydrogen (secondary N) is 1. The van der Waals surface area contributed by atoms with E-state index in [0.717, 1.165) is 27.9 Å². The Kier molecular flexibility index (Phi) is 4.96. The van der Waals surface area contributed by atoms with Gasteiger partial charge in [-0.25, -0.2) is 8.42 Å². The van der Waals surface area contributed by atoms with Crippen LogP contribution in [-0.4, -0.2) is 27.6 Å². The van der Waals surface area contributed by atoms with Crippen LogP contribution in [0.15, 0.2) is 90.5 Å². The molecule has 7 nitrogen and oxygen atoms in total. The van der Waals surface area contributed by atoms with E-state index in [9.17, 15) is 8.42 Å². The van der Waals surface area contributed by atoms with E-state index in [1.807, 2.05) is 48.4 Å². The number of sulfonamides is 1. The number of hydrogen-bond donors (Lipinski definition) is 1. The molecule has 0 bridgehead atoms. The number of fused-ring (bicyclic) bond motifs is 1. The summed E-state index contributed by atoms with van der Waals surface area (Å²) in [5.74, 6) is 0. The molecule has 0 saturated heterocycles. The molecule has 0 radical (unpaired) electrons. The van der Waals surface area contributed by atoms with Gasteiger partial charge in [-0.15, -0.1) is 0 Å². The summed E-state index contributed by atoms with van der Waals surface area (Å²) in [6, 6.07) is 15.3. The SMILES string of the molecule is Cn1cc(-c2cc3c(-c4ccc(NS(=O)(=O)c5cccc(Cl)c5)cc4)nccn3c2)cn1. The molecule has 3 heterocycles. The van der Waals surface area contributed by atoms with Crippen molar-refractivity contribution in [3.05, 3.63) is 90.6 Å². The zero-order valence-electron chi connectivity index (χ0n) is 17.0. The number of hydrogen-bond acceptors (Lipinski definition) is 4. The van der Waals surface area contributed by atoms with E-state index in [-0.39, 0.29) is 4.90 Å². The first kappa shape index (κ1) is 20.3. The summed E-state index contributed by atoms with van der Waals surface area (Å²) >= 11 is 5.93. The molecule has 2 aromatic carbocycles. The van der Waals surface area contributed by atoms with Crippen LogP contribution >= 0.6 is 11.6 Å². The molecule has 5 aromatic rings. The first-order valence-electron chi connectivity index (χ1n) is 9.74. The summed E-state index contributed by atoms with van der Waals surface area (Å²) < 4.78 is 31.6. The summed E-state index contributed by atoms with van der Waals surface area (Å²) in [4.78, 5) is 4.66. The van der Waals surface area contributed by atoms with Gasteiger partial charge in [-0.05, 0) is 36.4 Å². The molecule has 0 aliphatic rings. The fourth-order valence-corrected chi connectivity index (χ4v) is 4.89. The molecule has 0 amide bonds. The molecule has 1 N–H and O–H groups in total. The average molecular weight is 464 g/mol. The van der Waals surface area contributed by atoms with Crippen LogP contribution in [0.3, 0.4) is 0 Å². The third-order valence-corrected chi connectivity index (χ3v) is 6.69. The molecular formula is C23H18ClN5O2S. The van der Waals surface area contributed by atoms with Gasteiger partial charge < -0.3 is 4.40 Å². The van der Waals surface area contributed by atoms with Crippen LogP contribution in [0.2, 0.25) is 5.02 Å². The van der Waals surface area contributed by atoms with Crippen LogP contribution in [0.25, 0.3) is 27.9 Å². The van der Waals surface area contributed by atoms with Crippen LogP contribution in [0.5, 0.6) is 0 Å². The Bertz CT molecular complexity index is 1540. The van der Waals surface area contributed by atoms with Crippen molar-refractivity contribution in [2.45, 2.75) is 4.90 Å². The number of halogens is 1. The van der Waals surface area contributed by atoms with Crippen molar-refractivity contribution < 1.29 is 8.42 Å². The lowest BCUT2D eigenvalue weighted by Gasteiger charge is -2.09. The molecule has 0 aliphatic carbocycles. The summed E-state index contributed by atoms with van der Waals surface area (Å²) in [6.07, 6.45) is 9.45. The number of nitrogens with zero attached hydrogens (tertiary/aromatic N) is 4. The Morgan fingerprint density at radius 1 is 0.969 bits per heavy atom. The minimum atomic E-state index is -3.74. The maximum atomic E-state index is 12.6. The highest BCUT2D eigenvalue weighted by Crippen LogP contribution is 2.29. The standard InChI is InChI=1S/C23H18ClN5O2S/c1-28-14-18(13-26-28)17-11-22-23(25-9-10-29(22)15-17)16-5-7-20(8-6-16)27-32(30,31)21-4-2-3-19(24)12-21/h2-15,27H,1H3. The van der Waals surface area contributed by atoms with E-state index in [1.54, 1.807) is 35.1 Å². The summed E-state index contributed by atoms with van der Waals surface area (Å²) in [7, 11) is -1.85. The molecule has 0 atom stereocenters. The second-order valence-electron chi connectivity index (χ2n) is 7.34. The lowest BCUT2D eigenvalue weighted by molar-refractivity contribution is 0.601. The monoisotopic (exact) mass is 463 g/mol. The molecule has 0 spiro atoms. The van der Waals surface area contributed by atoms with Crippen LogP contribution in [0, 0.1) is 0 Å². The molecule has 32 heavy (non-hydrogen) atoms. The second-order valence-corrected chi connectivity index (χ2v) is 9.46. The summed E-state index contributed by atoms with van der Waals surface area (Å²) in [6.45, 7) is 0. The van der Waals surface area contributed by atoms with Gasteiger partial charge in [0.1, 0.15) is 0 Å². The number of benzene rings is 2. The summed E-state index contributed by atoms with van der Waals surface area (Å²) in [5.41, 5.74) is 5.13. The van der Waals surface area contributed by atoms with Crippen molar-refractivity contribution in [2.24, 2.45) is 7.05 Å². The van der Waals surface area contributed by atoms with Crippen LogP contribution in [0.1, 0.15) is 0 Å². The van der Waals surface area contributed by atoms with Crippen molar-refractivity contribution in [2.75, 3.05) is 4.72 Å². The second kappa shape index (κ2) is 7.81. The maximum absolute atomic E-state index is 12.6. The van der Waals surface area contributed by atoms with Crippen molar-refractivity contribution >= 4 is 32.8 Å². The van der Waals surface area contributed by atoms with Crippen LogP contribution in [0.4, 0.5) is 5.69 Å². The smallest absolute Gasteiger partial charge is 0.261 e. The lowest BCUT2D eigenvalue weighted by Crippen LogP contribution is -2.12. The molecule has 3 aromatic heterocycles. The molecule has 0 fully saturated rings. The van der Waals surface area contributed by atoms with Crippen molar-refractivity contribution in [3.63, 3.8) is 0 Å². The molecule has 5 rings (SSSR count). The molecule has 9 heteroatoms. The van der Waals surface area contributed by atoms with E-state index < -0.39 is 10.0 Å². The highest BCUT2D eigenvalue weighted by atomic mass is 35.5. The van der Waals surface area contributed by atoms with Crippen molar-refractivity contribution in [1.29, 1.82) is 0 Å². The number of rotatable bonds is 5. The van der Waals surface area contributed by atoms with Gasteiger partial charge in [0.25, 0.3) is 10.0 Å². The average Bonchev–Trinajstić information content (AvgIpc) is 3.40. The van der Waals surface area contributed by atoms with Gasteiger partial charge in [0.2, 0.25) is 0 Å². The number of anilines is 1. The topological polar surface area (TPSA) is 81.3 Å². The number of aryl methyl sites for hydroxylation is 1. The van der Waals surface area contributed by atoms with Gasteiger partial charge in [-0.3, -0.25) is 14.4 Å². The normalized spacial score (nSPS) is 11.7. The molecule has 160 valence electrons. The Hall–Kier alpha value is -3.62. The van der Waals surface area contributed by atoms with Gasteiger partial charge >= 0.3 is 0 Å². The van der Waals surface area contributed by atoms with Crippen molar-refractivity contribution in [1.82, 2.24) is 19.2 Å². The predicted molar refractivity (Wildman–Crippen MR) is 125 cm³/mol. The zero-order chi connectivity index (χ0) is 22.3. The van der Waals surface area contributed by atoms with Gasteiger partial charge in [0.15, 0.2) is 0 Å². The molecule has 0 unspecified atom stereocenters. The Labute approximate surface area is 190 Å². The minimum absolute atomic E-state index is 0.108. The molecule has 0 saturated carbocycles. The quantitative estimate of drug-likeness (QED) is 0.403. The highest BCUT2D eigenvalue weighted by molar-refractivity contribution is 7.92. The van der Waals surface area contributed by atoms with E-state index >= 15 is 0 Å². The minimum Gasteiger partial charge on any atom is -0.320 e. The maximum Gasteiger partial charge on any atom is 0.261 e. The fourth-order valence-electron chi connectivity index (χ4n) is 3.53. The Morgan fingerprint density at radius 3 is 2.50 bits per heavy atom. The van der Waals surface area contributed by atoms with Gasteiger partial charge in [-0.1, -0.05) is 29.8 Å². The first-order chi connectivity index (χ1) is 15.4. The van der Waals surface area contributed by atoms with E-state index in [4.69, 9.17) is 11.6 Å². The zero-order valence-corrected chi connectivity index (χ0v) is 18.5. The van der Waals surface area contributed by atoms with E-state index in [0.29, 0.717) is 10.7 Å². The largest absolute Gasteiger partial charge is 0.320 e. The number of aromatic nitrogens is 4. The predicted octanol–water partition coefficient (Wildman–Crippen LogP) is 4.86. The van der Waals surface area contributed by atoms with Gasteiger partial charge in [-0.2, -0.15) is 5.10 Å². The Morgan fingerprint density at radius 2 is 1.78 bits per heavy atom. The lowest BCUT2D eigenvalue weighted by atomic mass is 10.1. The first-order valence-corrected chi connectivity index (χ1v) is 11.6. The van der Waals surface area contributed by atoms with Gasteiger partial charge in [0, 0.05) is 59.2 Å². The highest BCUT2D eigenvalue weighted by Gasteiger charge is 2.15. The van der Waals surface area contributed by atoms with Crippen LogP contribution < -0.4 is 4.72 Å². The third kappa shape index (κ3) is 3.86. The van der Waals surface area contributed by atoms with E-state index in [1.165, 1.54) is 12.1 Å². The molecule has 0 aliphatic heterocycles. The third-order valence-electron chi connectivity index (χ3n) is 5.08. The van der Waals surface area contributed by atoms with Crippen LogP contribution in [-0.2, 0) is 17.1 Å². The van der Waals surface area contributed by atoms with Crippen molar-refractivity contribution in [3.8, 4) is 22.4 Å².